The summed E-state index contributed by atoms with van der Waals surface area (Å²) in [7, 11) is 0. The molecule has 1 fully saturated rings. The van der Waals surface area contributed by atoms with Gasteiger partial charge >= 0.3 is 11.9 Å². The van der Waals surface area contributed by atoms with E-state index in [9.17, 15) is 19.5 Å². The molecule has 0 spiro atoms. The maximum Gasteiger partial charge on any atom is 0.397 e. The Morgan fingerprint density at radius 2 is 1.79 bits per heavy atom. The van der Waals surface area contributed by atoms with Gasteiger partial charge in [0.2, 0.25) is 0 Å². The predicted octanol–water partition coefficient (Wildman–Crippen LogP) is 4.57. The number of hydrogen-bond donors (Lipinski definition) is 2. The number of esters is 1. The molecule has 182 valence electrons. The highest BCUT2D eigenvalue weighted by molar-refractivity contribution is 6.37. The van der Waals surface area contributed by atoms with E-state index in [4.69, 9.17) is 9.47 Å². The normalized spacial score (nSPS) is 14.9. The molecule has 0 aromatic heterocycles. The first-order valence-electron chi connectivity index (χ1n) is 11.4. The summed E-state index contributed by atoms with van der Waals surface area (Å²) < 4.78 is 10.8. The minimum atomic E-state index is -0.948. The Labute approximate surface area is 199 Å². The molecule has 1 aliphatic rings. The highest BCUT2D eigenvalue weighted by atomic mass is 16.5. The van der Waals surface area contributed by atoms with Crippen molar-refractivity contribution in [3.05, 3.63) is 47.0 Å². The molecule has 0 saturated carbocycles. The number of piperidine rings is 1. The van der Waals surface area contributed by atoms with Crippen molar-refractivity contribution in [3.63, 3.8) is 0 Å². The Kier molecular flexibility index (Phi) is 7.49. The van der Waals surface area contributed by atoms with E-state index < -0.39 is 11.9 Å². The van der Waals surface area contributed by atoms with Gasteiger partial charge < -0.3 is 24.8 Å². The van der Waals surface area contributed by atoms with Crippen LogP contribution < -0.4 is 10.1 Å². The van der Waals surface area contributed by atoms with Gasteiger partial charge in [-0.15, -0.1) is 0 Å². The highest BCUT2D eigenvalue weighted by Crippen LogP contribution is 2.35. The molecule has 0 bridgehead atoms. The zero-order chi connectivity index (χ0) is 25.0. The number of carbonyl (C=O) groups is 3. The average molecular weight is 469 g/mol. The number of nitrogens with zero attached hydrogens (tertiary/aromatic N) is 1. The number of benzene rings is 2. The lowest BCUT2D eigenvalue weighted by molar-refractivity contribution is -0.152. The van der Waals surface area contributed by atoms with Gasteiger partial charge in [0.15, 0.2) is 0 Å². The first kappa shape index (κ1) is 25.1. The third kappa shape index (κ3) is 5.87. The van der Waals surface area contributed by atoms with Crippen molar-refractivity contribution in [2.24, 2.45) is 5.41 Å². The number of likely N-dealkylation sites (tertiary alicyclic amines) is 1. The maximum atomic E-state index is 13.1. The number of nitrogens with one attached hydrogen (secondary N) is 1. The highest BCUT2D eigenvalue weighted by Gasteiger charge is 2.30. The number of aryl methyl sites for hydroxylation is 2. The quantitative estimate of drug-likeness (QED) is 0.492. The molecule has 2 aromatic rings. The summed E-state index contributed by atoms with van der Waals surface area (Å²) in [5, 5.41) is 12.9. The second-order valence-corrected chi connectivity index (χ2v) is 9.39. The van der Waals surface area contributed by atoms with Crippen LogP contribution in [0.15, 0.2) is 30.3 Å². The summed E-state index contributed by atoms with van der Waals surface area (Å²) in [5.41, 5.74) is 2.12. The summed E-state index contributed by atoms with van der Waals surface area (Å²) in [4.78, 5) is 38.4. The van der Waals surface area contributed by atoms with E-state index in [1.165, 1.54) is 6.07 Å². The molecule has 1 heterocycles. The van der Waals surface area contributed by atoms with Crippen LogP contribution in [0.3, 0.4) is 0 Å². The molecule has 0 unspecified atom stereocenters. The van der Waals surface area contributed by atoms with Crippen LogP contribution in [-0.4, -0.2) is 47.5 Å². The average Bonchev–Trinajstić information content (AvgIpc) is 2.76. The molecular weight excluding hydrogens is 436 g/mol. The molecule has 3 rings (SSSR count). The van der Waals surface area contributed by atoms with Crippen molar-refractivity contribution in [3.8, 4) is 17.2 Å². The van der Waals surface area contributed by atoms with Gasteiger partial charge in [-0.25, -0.2) is 4.79 Å². The molecule has 2 N–H and O–H groups in total. The summed E-state index contributed by atoms with van der Waals surface area (Å²) >= 11 is 0. The van der Waals surface area contributed by atoms with Crippen molar-refractivity contribution in [2.45, 2.75) is 47.5 Å². The molecule has 8 heteroatoms. The summed E-state index contributed by atoms with van der Waals surface area (Å²) in [6.07, 6.45) is 1.98. The Morgan fingerprint density at radius 1 is 1.12 bits per heavy atom. The Balaban J connectivity index is 1.80. The van der Waals surface area contributed by atoms with Gasteiger partial charge in [0.1, 0.15) is 17.2 Å². The standard InChI is InChI=1S/C26H32N2O6/c1-6-33-25(32)23(30)27-18-12-16(2)22(17(3)13-18)34-19-8-9-21(29)20(14-19)24(31)28-11-7-10-26(4,5)15-28/h8-9,12-14,29H,6-7,10-11,15H2,1-5H3,(H,27,30). The fourth-order valence-corrected chi connectivity index (χ4v) is 4.20. The van der Waals surface area contributed by atoms with Crippen LogP contribution in [0.5, 0.6) is 17.2 Å². The number of carbonyl (C=O) groups excluding carboxylic acids is 3. The third-order valence-electron chi connectivity index (χ3n) is 5.79. The van der Waals surface area contributed by atoms with Gasteiger partial charge in [0.25, 0.3) is 5.91 Å². The van der Waals surface area contributed by atoms with E-state index in [1.54, 1.807) is 36.1 Å². The lowest BCUT2D eigenvalue weighted by Gasteiger charge is -2.38. The van der Waals surface area contributed by atoms with Gasteiger partial charge in [-0.2, -0.15) is 0 Å². The summed E-state index contributed by atoms with van der Waals surface area (Å²) in [6, 6.07) is 7.97. The van der Waals surface area contributed by atoms with Crippen LogP contribution in [0.4, 0.5) is 5.69 Å². The van der Waals surface area contributed by atoms with E-state index in [2.05, 4.69) is 19.2 Å². The number of amides is 2. The SMILES string of the molecule is CCOC(=O)C(=O)Nc1cc(C)c(Oc2ccc(O)c(C(=O)N3CCCC(C)(C)C3)c2)c(C)c1. The number of anilines is 1. The number of ether oxygens (including phenoxy) is 2. The van der Waals surface area contributed by atoms with Gasteiger partial charge in [0.05, 0.1) is 12.2 Å². The molecule has 0 aliphatic carbocycles. The molecular formula is C26H32N2O6. The molecule has 2 amide bonds. The number of phenolic OH excluding ortho intramolecular Hbond substituents is 1. The molecule has 0 radical (unpaired) electrons. The maximum absolute atomic E-state index is 13.1. The largest absolute Gasteiger partial charge is 0.507 e. The van der Waals surface area contributed by atoms with Crippen LogP contribution in [0.1, 0.15) is 55.1 Å². The fraction of sp³-hybridized carbons (Fsp3) is 0.423. The second-order valence-electron chi connectivity index (χ2n) is 9.39. The van der Waals surface area contributed by atoms with Crippen molar-refractivity contribution < 1.29 is 29.0 Å². The Bertz CT molecular complexity index is 1090. The minimum absolute atomic E-state index is 0.0380. The predicted molar refractivity (Wildman–Crippen MR) is 128 cm³/mol. The van der Waals surface area contributed by atoms with Gasteiger partial charge in [-0.1, -0.05) is 13.8 Å². The van der Waals surface area contributed by atoms with Crippen molar-refractivity contribution in [1.82, 2.24) is 4.90 Å². The van der Waals surface area contributed by atoms with Crippen molar-refractivity contribution in [1.29, 1.82) is 0 Å². The molecule has 1 saturated heterocycles. The van der Waals surface area contributed by atoms with Crippen molar-refractivity contribution >= 4 is 23.5 Å². The van der Waals surface area contributed by atoms with Crippen molar-refractivity contribution in [2.75, 3.05) is 25.0 Å². The van der Waals surface area contributed by atoms with Crippen LogP contribution in [0.2, 0.25) is 0 Å². The van der Waals surface area contributed by atoms with E-state index in [0.717, 1.165) is 24.0 Å². The van der Waals surface area contributed by atoms with Crippen LogP contribution in [0.25, 0.3) is 0 Å². The van der Waals surface area contributed by atoms with Crippen LogP contribution in [0, 0.1) is 19.3 Å². The van der Waals surface area contributed by atoms with Crippen LogP contribution in [-0.2, 0) is 14.3 Å². The number of hydrogen-bond acceptors (Lipinski definition) is 6. The van der Waals surface area contributed by atoms with Gasteiger partial charge in [-0.3, -0.25) is 9.59 Å². The van der Waals surface area contributed by atoms with E-state index >= 15 is 0 Å². The zero-order valence-electron chi connectivity index (χ0n) is 20.4. The smallest absolute Gasteiger partial charge is 0.397 e. The van der Waals surface area contributed by atoms with E-state index in [0.29, 0.717) is 30.3 Å². The molecule has 1 aliphatic heterocycles. The summed E-state index contributed by atoms with van der Waals surface area (Å²) in [5.74, 6) is -1.15. The fourth-order valence-electron chi connectivity index (χ4n) is 4.20. The molecule has 0 atom stereocenters. The second kappa shape index (κ2) is 10.2. The topological polar surface area (TPSA) is 105 Å². The number of phenols is 1. The third-order valence-corrected chi connectivity index (χ3v) is 5.79. The zero-order valence-corrected chi connectivity index (χ0v) is 20.4. The first-order valence-corrected chi connectivity index (χ1v) is 11.4. The first-order chi connectivity index (χ1) is 16.0. The van der Waals surface area contributed by atoms with E-state index in [-0.39, 0.29) is 29.2 Å². The lowest BCUT2D eigenvalue weighted by atomic mass is 9.84. The van der Waals surface area contributed by atoms with Gasteiger partial charge in [0, 0.05) is 18.8 Å². The van der Waals surface area contributed by atoms with Crippen LogP contribution >= 0.6 is 0 Å². The lowest BCUT2D eigenvalue weighted by Crippen LogP contribution is -2.43. The Morgan fingerprint density at radius 3 is 2.41 bits per heavy atom. The molecule has 2 aromatic carbocycles. The minimum Gasteiger partial charge on any atom is -0.507 e. The Hall–Kier alpha value is -3.55. The molecule has 34 heavy (non-hydrogen) atoms. The monoisotopic (exact) mass is 468 g/mol. The molecule has 8 nitrogen and oxygen atoms in total. The van der Waals surface area contributed by atoms with Gasteiger partial charge in [-0.05, 0) is 80.5 Å². The number of aromatic hydroxyl groups is 1. The van der Waals surface area contributed by atoms with E-state index in [1.807, 2.05) is 13.8 Å². The summed E-state index contributed by atoms with van der Waals surface area (Å²) in [6.45, 7) is 10.9. The number of rotatable bonds is 5.